The van der Waals surface area contributed by atoms with E-state index in [1.54, 1.807) is 59.7 Å². The van der Waals surface area contributed by atoms with Crippen molar-refractivity contribution in [3.63, 3.8) is 0 Å². The molecule has 2 aromatic carbocycles. The van der Waals surface area contributed by atoms with Crippen molar-refractivity contribution in [2.45, 2.75) is 25.3 Å². The van der Waals surface area contributed by atoms with E-state index in [9.17, 15) is 14.0 Å². The Labute approximate surface area is 214 Å². The Morgan fingerprint density at radius 2 is 1.92 bits per heavy atom. The summed E-state index contributed by atoms with van der Waals surface area (Å²) in [5, 5.41) is 2.03. The number of halogens is 1. The zero-order valence-electron chi connectivity index (χ0n) is 20.2. The summed E-state index contributed by atoms with van der Waals surface area (Å²) in [7, 11) is 1.57. The number of amides is 2. The van der Waals surface area contributed by atoms with E-state index >= 15 is 0 Å². The van der Waals surface area contributed by atoms with E-state index < -0.39 is 0 Å². The van der Waals surface area contributed by atoms with Gasteiger partial charge in [0.25, 0.3) is 5.91 Å². The van der Waals surface area contributed by atoms with Crippen LogP contribution in [0, 0.1) is 11.7 Å². The number of fused-ring (bicyclic) bond motifs is 1. The molecule has 0 N–H and O–H groups in total. The first-order valence-electron chi connectivity index (χ1n) is 12.2. The van der Waals surface area contributed by atoms with Crippen molar-refractivity contribution in [1.29, 1.82) is 0 Å². The largest absolute Gasteiger partial charge is 0.497 e. The number of carbonyl (C=O) groups is 2. The summed E-state index contributed by atoms with van der Waals surface area (Å²) in [4.78, 5) is 31.8. The Balaban J connectivity index is 1.34. The van der Waals surface area contributed by atoms with Crippen LogP contribution in [0.3, 0.4) is 0 Å². The van der Waals surface area contributed by atoms with Crippen LogP contribution in [-0.4, -0.2) is 55.0 Å². The molecule has 2 heterocycles. The third kappa shape index (κ3) is 5.54. The molecule has 0 spiro atoms. The van der Waals surface area contributed by atoms with Gasteiger partial charge >= 0.3 is 0 Å². The van der Waals surface area contributed by atoms with E-state index in [4.69, 9.17) is 9.47 Å². The van der Waals surface area contributed by atoms with Crippen molar-refractivity contribution in [2.75, 3.05) is 33.4 Å². The zero-order chi connectivity index (χ0) is 25.1. The number of benzene rings is 2. The van der Waals surface area contributed by atoms with Crippen LogP contribution < -0.4 is 9.47 Å². The Morgan fingerprint density at radius 1 is 1.11 bits per heavy atom. The Morgan fingerprint density at radius 3 is 2.69 bits per heavy atom. The summed E-state index contributed by atoms with van der Waals surface area (Å²) in [6.45, 7) is 1.33. The predicted molar refractivity (Wildman–Crippen MR) is 136 cm³/mol. The van der Waals surface area contributed by atoms with Crippen LogP contribution in [0.25, 0.3) is 0 Å². The second-order valence-electron chi connectivity index (χ2n) is 9.28. The summed E-state index contributed by atoms with van der Waals surface area (Å²) in [5.74, 6) is 0.811. The maximum Gasteiger partial charge on any atom is 0.254 e. The van der Waals surface area contributed by atoms with E-state index in [2.05, 4.69) is 0 Å². The van der Waals surface area contributed by atoms with Gasteiger partial charge in [0.05, 0.1) is 13.2 Å². The third-order valence-corrected chi connectivity index (χ3v) is 7.72. The minimum Gasteiger partial charge on any atom is -0.497 e. The maximum atomic E-state index is 13.7. The van der Waals surface area contributed by atoms with Crippen LogP contribution in [0.15, 0.2) is 60.0 Å². The molecule has 0 saturated heterocycles. The highest BCUT2D eigenvalue weighted by Gasteiger charge is 2.35. The fourth-order valence-corrected chi connectivity index (χ4v) is 5.56. The van der Waals surface area contributed by atoms with Gasteiger partial charge in [0, 0.05) is 29.6 Å². The number of carbonyl (C=O) groups excluding carboxylic acids is 2. The van der Waals surface area contributed by atoms with Gasteiger partial charge in [-0.2, -0.15) is 0 Å². The highest BCUT2D eigenvalue weighted by atomic mass is 32.1. The minimum atomic E-state index is -0.368. The van der Waals surface area contributed by atoms with Crippen molar-refractivity contribution in [1.82, 2.24) is 9.80 Å². The molecule has 1 aliphatic heterocycles. The highest BCUT2D eigenvalue weighted by molar-refractivity contribution is 7.10. The number of hydrogen-bond donors (Lipinski definition) is 0. The Kier molecular flexibility index (Phi) is 7.23. The second kappa shape index (κ2) is 10.7. The lowest BCUT2D eigenvalue weighted by Gasteiger charge is -2.37. The second-order valence-corrected chi connectivity index (χ2v) is 10.3. The molecular weight excluding hydrogens is 479 g/mol. The molecule has 1 atom stereocenters. The predicted octanol–water partition coefficient (Wildman–Crippen LogP) is 4.95. The molecule has 188 valence electrons. The summed E-state index contributed by atoms with van der Waals surface area (Å²) < 4.78 is 24.9. The minimum absolute atomic E-state index is 0.00246. The Bertz CT molecular complexity index is 1240. The quantitative estimate of drug-likeness (QED) is 0.410. The fourth-order valence-electron chi connectivity index (χ4n) is 4.63. The number of nitrogens with zero attached hydrogens (tertiary/aromatic N) is 2. The summed E-state index contributed by atoms with van der Waals surface area (Å²) in [6, 6.07) is 14.8. The van der Waals surface area contributed by atoms with E-state index in [0.717, 1.165) is 24.8 Å². The van der Waals surface area contributed by atoms with Crippen molar-refractivity contribution in [3.8, 4) is 11.5 Å². The van der Waals surface area contributed by atoms with Crippen molar-refractivity contribution in [3.05, 3.63) is 81.8 Å². The zero-order valence-corrected chi connectivity index (χ0v) is 21.0. The first-order valence-corrected chi connectivity index (χ1v) is 13.1. The van der Waals surface area contributed by atoms with Gasteiger partial charge in [-0.3, -0.25) is 9.59 Å². The molecule has 1 saturated carbocycles. The molecule has 0 bridgehead atoms. The van der Waals surface area contributed by atoms with Crippen molar-refractivity contribution in [2.24, 2.45) is 5.92 Å². The van der Waals surface area contributed by atoms with Crippen molar-refractivity contribution < 1.29 is 23.5 Å². The number of rotatable bonds is 9. The number of methoxy groups -OCH3 is 1. The topological polar surface area (TPSA) is 59.1 Å². The molecule has 0 unspecified atom stereocenters. The van der Waals surface area contributed by atoms with Crippen LogP contribution in [0.2, 0.25) is 0 Å². The molecule has 36 heavy (non-hydrogen) atoms. The van der Waals surface area contributed by atoms with Crippen LogP contribution in [-0.2, 0) is 11.2 Å². The molecule has 6 nitrogen and oxygen atoms in total. The van der Waals surface area contributed by atoms with Crippen molar-refractivity contribution >= 4 is 23.2 Å². The van der Waals surface area contributed by atoms with E-state index in [0.29, 0.717) is 36.1 Å². The molecule has 1 fully saturated rings. The third-order valence-electron chi connectivity index (χ3n) is 6.72. The average molecular weight is 509 g/mol. The fraction of sp³-hybridized carbons (Fsp3) is 0.357. The van der Waals surface area contributed by atoms with Gasteiger partial charge in [-0.1, -0.05) is 12.1 Å². The lowest BCUT2D eigenvalue weighted by atomic mass is 10.00. The number of hydrogen-bond acceptors (Lipinski definition) is 5. The monoisotopic (exact) mass is 508 g/mol. The van der Waals surface area contributed by atoms with E-state index in [1.807, 2.05) is 16.3 Å². The molecule has 0 radical (unpaired) electrons. The van der Waals surface area contributed by atoms with Gasteiger partial charge < -0.3 is 19.3 Å². The molecule has 2 amide bonds. The van der Waals surface area contributed by atoms with Gasteiger partial charge in [0.15, 0.2) is 0 Å². The molecule has 1 aromatic heterocycles. The van der Waals surface area contributed by atoms with Gasteiger partial charge in [-0.15, -0.1) is 11.3 Å². The van der Waals surface area contributed by atoms with E-state index in [-0.39, 0.29) is 36.8 Å². The maximum absolute atomic E-state index is 13.7. The van der Waals surface area contributed by atoms with Gasteiger partial charge in [-0.25, -0.2) is 4.39 Å². The normalized spacial score (nSPS) is 16.8. The smallest absolute Gasteiger partial charge is 0.254 e. The number of thiophene rings is 1. The SMILES string of the molecule is COc1cccc(C(=O)N(CC(=O)N2CCc3sccc3[C@@H]2COc2cccc(F)c2)CC2CC2)c1. The van der Waals surface area contributed by atoms with Gasteiger partial charge in [0.1, 0.15) is 30.5 Å². The molecular formula is C28H29FN2O4S. The molecule has 2 aliphatic rings. The first kappa shape index (κ1) is 24.3. The van der Waals surface area contributed by atoms with Crippen LogP contribution in [0.1, 0.15) is 39.7 Å². The molecule has 3 aromatic rings. The molecule has 8 heteroatoms. The summed E-state index contributed by atoms with van der Waals surface area (Å²) >= 11 is 1.67. The lowest BCUT2D eigenvalue weighted by molar-refractivity contribution is -0.135. The summed E-state index contributed by atoms with van der Waals surface area (Å²) in [6.07, 6.45) is 2.91. The average Bonchev–Trinajstić information content (AvgIpc) is 3.58. The van der Waals surface area contributed by atoms with Crippen LogP contribution in [0.4, 0.5) is 4.39 Å². The standard InChI is InChI=1S/C28H29FN2O4S/c1-34-22-6-2-4-20(14-22)28(33)30(16-19-8-9-19)17-27(32)31-12-10-26-24(11-13-36-26)25(31)18-35-23-7-3-5-21(29)15-23/h2-7,11,13-15,19,25H,8-10,12,16-18H2,1H3/t25-/m0/s1. The molecule has 1 aliphatic carbocycles. The number of ether oxygens (including phenoxy) is 2. The van der Waals surface area contributed by atoms with Crippen LogP contribution in [0.5, 0.6) is 11.5 Å². The van der Waals surface area contributed by atoms with E-state index in [1.165, 1.54) is 17.0 Å². The van der Waals surface area contributed by atoms with Gasteiger partial charge in [-0.05, 0) is 72.5 Å². The summed E-state index contributed by atoms with van der Waals surface area (Å²) in [5.41, 5.74) is 1.57. The Hall–Kier alpha value is -3.39. The lowest BCUT2D eigenvalue weighted by Crippen LogP contribution is -2.48. The van der Waals surface area contributed by atoms with Gasteiger partial charge in [0.2, 0.25) is 5.91 Å². The molecule has 5 rings (SSSR count). The first-order chi connectivity index (χ1) is 17.5. The van der Waals surface area contributed by atoms with Crippen LogP contribution >= 0.6 is 11.3 Å². The highest BCUT2D eigenvalue weighted by Crippen LogP contribution is 2.35.